The van der Waals surface area contributed by atoms with Gasteiger partial charge in [0.2, 0.25) is 11.5 Å². The quantitative estimate of drug-likeness (QED) is 0.770. The zero-order chi connectivity index (χ0) is 18.4. The van der Waals surface area contributed by atoms with Gasteiger partial charge in [-0.1, -0.05) is 24.3 Å². The van der Waals surface area contributed by atoms with Crippen LogP contribution in [0, 0.1) is 0 Å². The fourth-order valence-electron chi connectivity index (χ4n) is 3.09. The molecule has 0 fully saturated rings. The van der Waals surface area contributed by atoms with Crippen LogP contribution in [-0.4, -0.2) is 34.1 Å². The lowest BCUT2D eigenvalue weighted by Gasteiger charge is -2.24. The Labute approximate surface area is 150 Å². The predicted octanol–water partition coefficient (Wildman–Crippen LogP) is 3.86. The SMILES string of the molecule is CC(C)N(C)c1nc2oc(C(=O)O)cc2nc1C1=Cc2ccccc2C1. The van der Waals surface area contributed by atoms with Crippen LogP contribution in [-0.2, 0) is 6.42 Å². The summed E-state index contributed by atoms with van der Waals surface area (Å²) >= 11 is 0. The minimum absolute atomic E-state index is 0.154. The van der Waals surface area contributed by atoms with Crippen molar-refractivity contribution in [1.29, 1.82) is 0 Å². The summed E-state index contributed by atoms with van der Waals surface area (Å²) in [5, 5.41) is 9.18. The van der Waals surface area contributed by atoms with Gasteiger partial charge in [-0.25, -0.2) is 9.78 Å². The van der Waals surface area contributed by atoms with Crippen LogP contribution in [0.1, 0.15) is 41.2 Å². The van der Waals surface area contributed by atoms with Gasteiger partial charge < -0.3 is 14.4 Å². The normalized spacial score (nSPS) is 13.2. The molecule has 3 aromatic rings. The van der Waals surface area contributed by atoms with Crippen LogP contribution in [0.15, 0.2) is 34.7 Å². The van der Waals surface area contributed by atoms with Crippen LogP contribution in [0.3, 0.4) is 0 Å². The summed E-state index contributed by atoms with van der Waals surface area (Å²) in [6.07, 6.45) is 2.90. The Kier molecular flexibility index (Phi) is 3.76. The Morgan fingerprint density at radius 3 is 2.73 bits per heavy atom. The molecule has 1 aliphatic carbocycles. The molecule has 0 amide bonds. The standard InChI is InChI=1S/C20H19N3O3/c1-11(2)23(3)18-17(14-8-12-6-4-5-7-13(12)9-14)21-15-10-16(20(24)25)26-19(15)22-18/h4-8,10-11H,9H2,1-3H3,(H,24,25). The molecular formula is C20H19N3O3. The molecule has 0 bridgehead atoms. The van der Waals surface area contributed by atoms with E-state index in [1.807, 2.05) is 24.1 Å². The molecule has 2 heterocycles. The van der Waals surface area contributed by atoms with Gasteiger partial charge >= 0.3 is 5.97 Å². The molecule has 0 unspecified atom stereocenters. The van der Waals surface area contributed by atoms with Crippen molar-refractivity contribution in [3.8, 4) is 0 Å². The third kappa shape index (κ3) is 2.63. The summed E-state index contributed by atoms with van der Waals surface area (Å²) in [5.74, 6) is -0.588. The van der Waals surface area contributed by atoms with E-state index in [0.29, 0.717) is 11.3 Å². The minimum Gasteiger partial charge on any atom is -0.475 e. The van der Waals surface area contributed by atoms with Gasteiger partial charge in [0.1, 0.15) is 11.2 Å². The summed E-state index contributed by atoms with van der Waals surface area (Å²) in [6, 6.07) is 9.87. The van der Waals surface area contributed by atoms with Crippen molar-refractivity contribution in [2.75, 3.05) is 11.9 Å². The second kappa shape index (κ2) is 5.98. The van der Waals surface area contributed by atoms with E-state index < -0.39 is 5.97 Å². The van der Waals surface area contributed by atoms with Crippen molar-refractivity contribution < 1.29 is 14.3 Å². The number of fused-ring (bicyclic) bond motifs is 2. The number of aromatic nitrogens is 2. The summed E-state index contributed by atoms with van der Waals surface area (Å²) in [5.41, 5.74) is 4.96. The van der Waals surface area contributed by atoms with Crippen LogP contribution in [0.25, 0.3) is 22.9 Å². The number of rotatable bonds is 4. The molecular weight excluding hydrogens is 330 g/mol. The van der Waals surface area contributed by atoms with E-state index in [4.69, 9.17) is 9.40 Å². The molecule has 0 radical (unpaired) electrons. The Balaban J connectivity index is 1.89. The zero-order valence-corrected chi connectivity index (χ0v) is 14.9. The van der Waals surface area contributed by atoms with E-state index in [2.05, 4.69) is 37.0 Å². The monoisotopic (exact) mass is 349 g/mol. The van der Waals surface area contributed by atoms with Gasteiger partial charge in [-0.15, -0.1) is 0 Å². The largest absolute Gasteiger partial charge is 0.475 e. The van der Waals surface area contributed by atoms with Crippen LogP contribution in [0.2, 0.25) is 0 Å². The van der Waals surface area contributed by atoms with Gasteiger partial charge in [-0.2, -0.15) is 4.98 Å². The third-order valence-electron chi connectivity index (χ3n) is 4.73. The fraction of sp³-hybridized carbons (Fsp3) is 0.250. The molecule has 0 spiro atoms. The Morgan fingerprint density at radius 1 is 1.27 bits per heavy atom. The van der Waals surface area contributed by atoms with E-state index in [-0.39, 0.29) is 17.5 Å². The van der Waals surface area contributed by atoms with Crippen molar-refractivity contribution in [2.45, 2.75) is 26.3 Å². The van der Waals surface area contributed by atoms with Gasteiger partial charge in [0.15, 0.2) is 5.82 Å². The molecule has 1 aliphatic rings. The lowest BCUT2D eigenvalue weighted by Crippen LogP contribution is -2.28. The number of allylic oxidation sites excluding steroid dienone is 1. The molecule has 6 heteroatoms. The van der Waals surface area contributed by atoms with Gasteiger partial charge in [0.05, 0.1) is 0 Å². The Morgan fingerprint density at radius 2 is 2.04 bits per heavy atom. The van der Waals surface area contributed by atoms with Gasteiger partial charge in [-0.05, 0) is 36.6 Å². The van der Waals surface area contributed by atoms with Crippen molar-refractivity contribution in [3.05, 3.63) is 52.9 Å². The maximum Gasteiger partial charge on any atom is 0.371 e. The molecule has 4 rings (SSSR count). The number of anilines is 1. The molecule has 1 N–H and O–H groups in total. The van der Waals surface area contributed by atoms with Crippen molar-refractivity contribution in [3.63, 3.8) is 0 Å². The molecule has 0 atom stereocenters. The second-order valence-electron chi connectivity index (χ2n) is 6.75. The molecule has 0 saturated carbocycles. The first-order valence-corrected chi connectivity index (χ1v) is 8.50. The van der Waals surface area contributed by atoms with Crippen molar-refractivity contribution >= 4 is 34.7 Å². The predicted molar refractivity (Wildman–Crippen MR) is 100 cm³/mol. The second-order valence-corrected chi connectivity index (χ2v) is 6.75. The minimum atomic E-state index is -1.13. The summed E-state index contributed by atoms with van der Waals surface area (Å²) in [7, 11) is 1.95. The third-order valence-corrected chi connectivity index (χ3v) is 4.73. The number of benzene rings is 1. The summed E-state index contributed by atoms with van der Waals surface area (Å²) in [4.78, 5) is 22.6. The number of carboxylic acid groups (broad SMARTS) is 1. The number of carbonyl (C=O) groups is 1. The van der Waals surface area contributed by atoms with Gasteiger partial charge in [0, 0.05) is 25.6 Å². The van der Waals surface area contributed by atoms with Crippen LogP contribution in [0.5, 0.6) is 0 Å². The topological polar surface area (TPSA) is 79.5 Å². The highest BCUT2D eigenvalue weighted by Gasteiger charge is 2.24. The number of nitrogens with zero attached hydrogens (tertiary/aromatic N) is 3. The van der Waals surface area contributed by atoms with E-state index in [1.165, 1.54) is 17.2 Å². The van der Waals surface area contributed by atoms with Gasteiger partial charge in [0.25, 0.3) is 0 Å². The Bertz CT molecular complexity index is 1050. The maximum atomic E-state index is 11.2. The van der Waals surface area contributed by atoms with Crippen LogP contribution >= 0.6 is 0 Å². The fourth-order valence-corrected chi connectivity index (χ4v) is 3.09. The lowest BCUT2D eigenvalue weighted by atomic mass is 10.1. The highest BCUT2D eigenvalue weighted by Crippen LogP contribution is 2.36. The molecule has 132 valence electrons. The van der Waals surface area contributed by atoms with Crippen LogP contribution < -0.4 is 4.90 Å². The first-order valence-electron chi connectivity index (χ1n) is 8.50. The number of hydrogen-bond acceptors (Lipinski definition) is 5. The number of aromatic carboxylic acids is 1. The van der Waals surface area contributed by atoms with E-state index in [1.54, 1.807) is 0 Å². The highest BCUT2D eigenvalue weighted by molar-refractivity contribution is 5.94. The summed E-state index contributed by atoms with van der Waals surface area (Å²) < 4.78 is 5.36. The lowest BCUT2D eigenvalue weighted by molar-refractivity contribution is 0.0664. The maximum absolute atomic E-state index is 11.2. The first kappa shape index (κ1) is 16.3. The van der Waals surface area contributed by atoms with E-state index in [9.17, 15) is 9.90 Å². The van der Waals surface area contributed by atoms with E-state index in [0.717, 1.165) is 17.7 Å². The molecule has 6 nitrogen and oxygen atoms in total. The van der Waals surface area contributed by atoms with Crippen molar-refractivity contribution in [1.82, 2.24) is 9.97 Å². The number of hydrogen-bond donors (Lipinski definition) is 1. The molecule has 0 saturated heterocycles. The first-order chi connectivity index (χ1) is 12.4. The highest BCUT2D eigenvalue weighted by atomic mass is 16.4. The number of carboxylic acids is 1. The van der Waals surface area contributed by atoms with Crippen LogP contribution in [0.4, 0.5) is 5.82 Å². The van der Waals surface area contributed by atoms with Gasteiger partial charge in [-0.3, -0.25) is 0 Å². The average Bonchev–Trinajstić information content (AvgIpc) is 3.23. The molecule has 2 aromatic heterocycles. The van der Waals surface area contributed by atoms with E-state index >= 15 is 0 Å². The zero-order valence-electron chi connectivity index (χ0n) is 14.9. The molecule has 1 aromatic carbocycles. The molecule has 0 aliphatic heterocycles. The Hall–Kier alpha value is -3.15. The summed E-state index contributed by atoms with van der Waals surface area (Å²) in [6.45, 7) is 4.14. The van der Waals surface area contributed by atoms with Crippen molar-refractivity contribution in [2.24, 2.45) is 0 Å². The average molecular weight is 349 g/mol. The molecule has 26 heavy (non-hydrogen) atoms. The smallest absolute Gasteiger partial charge is 0.371 e. The number of furan rings is 1.